The van der Waals surface area contributed by atoms with Gasteiger partial charge in [0.05, 0.1) is 17.7 Å². The van der Waals surface area contributed by atoms with Crippen LogP contribution in [0.4, 0.5) is 0 Å². The Morgan fingerprint density at radius 2 is 1.65 bits per heavy atom. The predicted molar refractivity (Wildman–Crippen MR) is 122 cm³/mol. The van der Waals surface area contributed by atoms with Gasteiger partial charge in [0.1, 0.15) is 5.75 Å². The average molecular weight is 413 g/mol. The minimum Gasteiger partial charge on any atom is -0.462 e. The molecule has 5 nitrogen and oxygen atoms in total. The minimum atomic E-state index is -0.487. The number of carbonyl (C=O) groups is 2. The second-order valence-corrected chi connectivity index (χ2v) is 7.22. The average Bonchev–Trinajstić information content (AvgIpc) is 3.03. The summed E-state index contributed by atoms with van der Waals surface area (Å²) in [6.45, 7) is 3.95. The summed E-state index contributed by atoms with van der Waals surface area (Å²) >= 11 is 0. The summed E-state index contributed by atoms with van der Waals surface area (Å²) in [7, 11) is 1.92. The summed E-state index contributed by atoms with van der Waals surface area (Å²) in [5.74, 6) is -0.470. The highest BCUT2D eigenvalue weighted by Gasteiger charge is 2.23. The molecule has 0 bridgehead atoms. The van der Waals surface area contributed by atoms with Crippen molar-refractivity contribution in [3.8, 4) is 5.75 Å². The number of fused-ring (bicyclic) bond motifs is 3. The molecule has 5 heteroatoms. The molecule has 0 aliphatic carbocycles. The lowest BCUT2D eigenvalue weighted by atomic mass is 10.0. The van der Waals surface area contributed by atoms with Gasteiger partial charge in [0.15, 0.2) is 0 Å². The van der Waals surface area contributed by atoms with Gasteiger partial charge in [0.25, 0.3) is 0 Å². The third-order valence-corrected chi connectivity index (χ3v) is 5.35. The number of ether oxygens (including phenoxy) is 2. The van der Waals surface area contributed by atoms with Crippen LogP contribution in [-0.4, -0.2) is 23.1 Å². The lowest BCUT2D eigenvalue weighted by Crippen LogP contribution is -2.07. The maximum atomic E-state index is 12.7. The number of hydrogen-bond donors (Lipinski definition) is 0. The molecular formula is C26H23NO4. The van der Waals surface area contributed by atoms with Crippen LogP contribution >= 0.6 is 0 Å². The van der Waals surface area contributed by atoms with Crippen LogP contribution in [-0.2, 0) is 16.6 Å². The zero-order valence-electron chi connectivity index (χ0n) is 17.7. The van der Waals surface area contributed by atoms with Gasteiger partial charge >= 0.3 is 11.9 Å². The molecule has 156 valence electrons. The smallest absolute Gasteiger partial charge is 0.340 e. The fourth-order valence-electron chi connectivity index (χ4n) is 3.83. The first-order valence-corrected chi connectivity index (χ1v) is 10.1. The number of rotatable bonds is 5. The van der Waals surface area contributed by atoms with Gasteiger partial charge in [0, 0.05) is 35.0 Å². The summed E-state index contributed by atoms with van der Waals surface area (Å²) in [5, 5.41) is 2.40. The molecule has 0 amide bonds. The van der Waals surface area contributed by atoms with Crippen LogP contribution in [0.25, 0.3) is 27.8 Å². The molecule has 0 aliphatic heterocycles. The van der Waals surface area contributed by atoms with Crippen molar-refractivity contribution in [2.45, 2.75) is 13.8 Å². The molecule has 0 aliphatic rings. The molecule has 0 radical (unpaired) electrons. The van der Waals surface area contributed by atoms with E-state index in [9.17, 15) is 9.59 Å². The van der Waals surface area contributed by atoms with Crippen LogP contribution in [0.15, 0.2) is 66.7 Å². The lowest BCUT2D eigenvalue weighted by Gasteiger charge is -2.10. The van der Waals surface area contributed by atoms with E-state index in [-0.39, 0.29) is 12.6 Å². The van der Waals surface area contributed by atoms with Gasteiger partial charge in [-0.15, -0.1) is 0 Å². The second kappa shape index (κ2) is 8.48. The van der Waals surface area contributed by atoms with Gasteiger partial charge < -0.3 is 14.0 Å². The van der Waals surface area contributed by atoms with E-state index < -0.39 is 5.97 Å². The largest absolute Gasteiger partial charge is 0.462 e. The molecular weight excluding hydrogens is 390 g/mol. The van der Waals surface area contributed by atoms with Crippen molar-refractivity contribution in [3.05, 3.63) is 83.6 Å². The fourth-order valence-corrected chi connectivity index (χ4v) is 3.83. The molecule has 0 unspecified atom stereocenters. The Morgan fingerprint density at radius 3 is 2.35 bits per heavy atom. The number of aromatic nitrogens is 1. The molecule has 0 spiro atoms. The standard InChI is InChI=1S/C26H23NO4/c1-4-30-26(29)24-17(2)27(3)25-20-13-9-8-12-19(20)22(16-21(24)25)31-23(28)15-14-18-10-6-5-7-11-18/h5-16H,4H2,1-3H3/b15-14+. The number of hydrogen-bond acceptors (Lipinski definition) is 4. The molecule has 0 N–H and O–H groups in total. The van der Waals surface area contributed by atoms with Gasteiger partial charge in [-0.1, -0.05) is 54.6 Å². The van der Waals surface area contributed by atoms with Crippen molar-refractivity contribution in [2.75, 3.05) is 6.61 Å². The Bertz CT molecular complexity index is 1320. The van der Waals surface area contributed by atoms with Gasteiger partial charge in [-0.3, -0.25) is 0 Å². The maximum absolute atomic E-state index is 12.7. The Hall–Kier alpha value is -3.86. The maximum Gasteiger partial charge on any atom is 0.340 e. The topological polar surface area (TPSA) is 57.5 Å². The zero-order chi connectivity index (χ0) is 22.0. The molecule has 1 aromatic heterocycles. The molecule has 0 fully saturated rings. The van der Waals surface area contributed by atoms with Crippen LogP contribution in [0.2, 0.25) is 0 Å². The van der Waals surface area contributed by atoms with Gasteiger partial charge in [-0.05, 0) is 31.6 Å². The molecule has 0 saturated heterocycles. The summed E-state index contributed by atoms with van der Waals surface area (Å²) in [4.78, 5) is 25.2. The highest BCUT2D eigenvalue weighted by atomic mass is 16.5. The van der Waals surface area contributed by atoms with Crippen LogP contribution in [0, 0.1) is 6.92 Å². The van der Waals surface area contributed by atoms with Crippen molar-refractivity contribution in [1.29, 1.82) is 0 Å². The Balaban J connectivity index is 1.83. The molecule has 3 aromatic carbocycles. The summed E-state index contributed by atoms with van der Waals surface area (Å²) in [5.41, 5.74) is 3.09. The Labute approximate surface area is 180 Å². The van der Waals surface area contributed by atoms with E-state index >= 15 is 0 Å². The van der Waals surface area contributed by atoms with Gasteiger partial charge in [0.2, 0.25) is 0 Å². The SMILES string of the molecule is CCOC(=O)c1c(C)n(C)c2c1cc(OC(=O)/C=C/c1ccccc1)c1ccccc12. The molecule has 0 saturated carbocycles. The van der Waals surface area contributed by atoms with Crippen molar-refractivity contribution in [3.63, 3.8) is 0 Å². The van der Waals surface area contributed by atoms with Crippen LogP contribution in [0.3, 0.4) is 0 Å². The number of nitrogens with zero attached hydrogens (tertiary/aromatic N) is 1. The fraction of sp³-hybridized carbons (Fsp3) is 0.154. The first-order valence-electron chi connectivity index (χ1n) is 10.1. The van der Waals surface area contributed by atoms with E-state index in [2.05, 4.69) is 0 Å². The highest BCUT2D eigenvalue weighted by Crippen LogP contribution is 2.37. The summed E-state index contributed by atoms with van der Waals surface area (Å²) in [6, 6.07) is 19.0. The summed E-state index contributed by atoms with van der Waals surface area (Å²) in [6.07, 6.45) is 3.11. The molecule has 0 atom stereocenters. The monoisotopic (exact) mass is 413 g/mol. The van der Waals surface area contributed by atoms with Gasteiger partial charge in [-0.25, -0.2) is 9.59 Å². The normalized spacial score (nSPS) is 11.3. The van der Waals surface area contributed by atoms with E-state index in [0.29, 0.717) is 16.7 Å². The van der Waals surface area contributed by atoms with E-state index in [1.54, 1.807) is 19.1 Å². The predicted octanol–water partition coefficient (Wildman–Crippen LogP) is 5.44. The number of esters is 2. The van der Waals surface area contributed by atoms with Crippen molar-refractivity contribution in [1.82, 2.24) is 4.57 Å². The van der Waals surface area contributed by atoms with Crippen LogP contribution in [0.1, 0.15) is 28.5 Å². The lowest BCUT2D eigenvalue weighted by molar-refractivity contribution is -0.128. The Morgan fingerprint density at radius 1 is 0.968 bits per heavy atom. The quantitative estimate of drug-likeness (QED) is 0.248. The first kappa shape index (κ1) is 20.4. The van der Waals surface area contributed by atoms with E-state index in [4.69, 9.17) is 9.47 Å². The second-order valence-electron chi connectivity index (χ2n) is 7.22. The van der Waals surface area contributed by atoms with E-state index in [1.807, 2.05) is 73.1 Å². The van der Waals surface area contributed by atoms with Crippen molar-refractivity contribution in [2.24, 2.45) is 7.05 Å². The highest BCUT2D eigenvalue weighted by molar-refractivity contribution is 6.16. The minimum absolute atomic E-state index is 0.286. The number of aryl methyl sites for hydroxylation is 1. The third kappa shape index (κ3) is 3.82. The number of carbonyl (C=O) groups excluding carboxylic acids is 2. The molecule has 4 aromatic rings. The van der Waals surface area contributed by atoms with E-state index in [0.717, 1.165) is 27.5 Å². The molecule has 31 heavy (non-hydrogen) atoms. The third-order valence-electron chi connectivity index (χ3n) is 5.35. The van der Waals surface area contributed by atoms with Crippen LogP contribution in [0.5, 0.6) is 5.75 Å². The molecule has 4 rings (SSSR count). The van der Waals surface area contributed by atoms with Gasteiger partial charge in [-0.2, -0.15) is 0 Å². The van der Waals surface area contributed by atoms with E-state index in [1.165, 1.54) is 6.08 Å². The zero-order valence-corrected chi connectivity index (χ0v) is 17.7. The Kier molecular flexibility index (Phi) is 5.58. The molecule has 1 heterocycles. The van der Waals surface area contributed by atoms with Crippen molar-refractivity contribution >= 4 is 39.7 Å². The first-order chi connectivity index (χ1) is 15.0. The van der Waals surface area contributed by atoms with Crippen molar-refractivity contribution < 1.29 is 19.1 Å². The number of benzene rings is 3. The summed E-state index contributed by atoms with van der Waals surface area (Å²) < 4.78 is 13.0. The van der Waals surface area contributed by atoms with Crippen LogP contribution < -0.4 is 4.74 Å².